The third kappa shape index (κ3) is 2.82. The topological polar surface area (TPSA) is 37.8 Å². The van der Waals surface area contributed by atoms with E-state index in [9.17, 15) is 0 Å². The van der Waals surface area contributed by atoms with Crippen LogP contribution >= 0.6 is 0 Å². The number of benzene rings is 1. The summed E-state index contributed by atoms with van der Waals surface area (Å²) in [5, 5.41) is 3.42. The highest BCUT2D eigenvalue weighted by molar-refractivity contribution is 5.58. The predicted octanol–water partition coefficient (Wildman–Crippen LogP) is 2.92. The van der Waals surface area contributed by atoms with Crippen LogP contribution in [0.1, 0.15) is 30.0 Å². The average Bonchev–Trinajstić information content (AvgIpc) is 2.49. The Morgan fingerprint density at radius 3 is 2.58 bits per heavy atom. The average molecular weight is 253 g/mol. The van der Waals surface area contributed by atoms with E-state index in [2.05, 4.69) is 46.5 Å². The molecule has 2 aromatic rings. The van der Waals surface area contributed by atoms with Crippen LogP contribution in [0, 0.1) is 6.92 Å². The number of hydrogen-bond acceptors (Lipinski definition) is 3. The van der Waals surface area contributed by atoms with Crippen LogP contribution in [0.2, 0.25) is 0 Å². The lowest BCUT2D eigenvalue weighted by Crippen LogP contribution is -2.28. The summed E-state index contributed by atoms with van der Waals surface area (Å²) in [6.45, 7) is 4.25. The Morgan fingerprint density at radius 1 is 1.11 bits per heavy atom. The first-order valence-electron chi connectivity index (χ1n) is 6.92. The van der Waals surface area contributed by atoms with Crippen molar-refractivity contribution in [1.29, 1.82) is 0 Å². The van der Waals surface area contributed by atoms with E-state index in [4.69, 9.17) is 0 Å². The molecule has 0 amide bonds. The zero-order chi connectivity index (χ0) is 13.1. The number of rotatable bonds is 2. The molecule has 1 atom stereocenters. The van der Waals surface area contributed by atoms with E-state index in [-0.39, 0.29) is 0 Å². The summed E-state index contributed by atoms with van der Waals surface area (Å²) in [7, 11) is 0. The summed E-state index contributed by atoms with van der Waals surface area (Å²) >= 11 is 0. The van der Waals surface area contributed by atoms with Crippen molar-refractivity contribution in [2.75, 3.05) is 13.1 Å². The van der Waals surface area contributed by atoms with Gasteiger partial charge in [0.1, 0.15) is 0 Å². The van der Waals surface area contributed by atoms with Crippen molar-refractivity contribution >= 4 is 0 Å². The number of piperidine rings is 1. The van der Waals surface area contributed by atoms with E-state index in [1.54, 1.807) is 0 Å². The molecule has 1 N–H and O–H groups in total. The number of nitrogens with zero attached hydrogens (tertiary/aromatic N) is 2. The largest absolute Gasteiger partial charge is 0.316 e. The van der Waals surface area contributed by atoms with Crippen LogP contribution in [-0.4, -0.2) is 23.1 Å². The first-order valence-corrected chi connectivity index (χ1v) is 6.92. The minimum absolute atomic E-state index is 0.522. The van der Waals surface area contributed by atoms with E-state index in [1.807, 2.05) is 12.4 Å². The maximum atomic E-state index is 4.60. The van der Waals surface area contributed by atoms with Crippen LogP contribution in [0.4, 0.5) is 0 Å². The molecule has 1 aromatic carbocycles. The molecule has 3 rings (SSSR count). The van der Waals surface area contributed by atoms with E-state index in [0.717, 1.165) is 30.0 Å². The second-order valence-corrected chi connectivity index (χ2v) is 5.24. The van der Waals surface area contributed by atoms with Gasteiger partial charge in [-0.3, -0.25) is 9.97 Å². The molecule has 0 bridgehead atoms. The number of aryl methyl sites for hydroxylation is 1. The summed E-state index contributed by atoms with van der Waals surface area (Å²) in [6.07, 6.45) is 6.28. The minimum Gasteiger partial charge on any atom is -0.316 e. The van der Waals surface area contributed by atoms with Gasteiger partial charge in [0.15, 0.2) is 0 Å². The van der Waals surface area contributed by atoms with Gasteiger partial charge in [-0.05, 0) is 26.3 Å². The van der Waals surface area contributed by atoms with E-state index in [0.29, 0.717) is 5.92 Å². The number of hydrogen-bond donors (Lipinski definition) is 1. The van der Waals surface area contributed by atoms with Crippen molar-refractivity contribution in [3.63, 3.8) is 0 Å². The first kappa shape index (κ1) is 12.3. The summed E-state index contributed by atoms with van der Waals surface area (Å²) in [5.41, 5.74) is 4.46. The Balaban J connectivity index is 1.80. The lowest BCUT2D eigenvalue weighted by Gasteiger charge is -2.21. The molecule has 0 saturated carbocycles. The van der Waals surface area contributed by atoms with Crippen molar-refractivity contribution in [3.8, 4) is 11.3 Å². The zero-order valence-electron chi connectivity index (χ0n) is 11.3. The van der Waals surface area contributed by atoms with Gasteiger partial charge in [0.2, 0.25) is 0 Å². The summed E-state index contributed by atoms with van der Waals surface area (Å²) < 4.78 is 0. The molecule has 0 spiro atoms. The fourth-order valence-corrected chi connectivity index (χ4v) is 2.53. The van der Waals surface area contributed by atoms with Crippen LogP contribution in [0.15, 0.2) is 36.7 Å². The van der Waals surface area contributed by atoms with Crippen molar-refractivity contribution < 1.29 is 0 Å². The third-order valence-electron chi connectivity index (χ3n) is 3.73. The molecule has 1 aliphatic heterocycles. The highest BCUT2D eigenvalue weighted by atomic mass is 14.9. The number of aromatic nitrogens is 2. The van der Waals surface area contributed by atoms with Crippen LogP contribution in [0.3, 0.4) is 0 Å². The zero-order valence-corrected chi connectivity index (χ0v) is 11.3. The Bertz CT molecular complexity index is 525. The monoisotopic (exact) mass is 253 g/mol. The smallest absolute Gasteiger partial charge is 0.0885 e. The molecule has 1 fully saturated rings. The van der Waals surface area contributed by atoms with Crippen molar-refractivity contribution in [3.05, 3.63) is 47.9 Å². The Hall–Kier alpha value is -1.74. The molecule has 3 nitrogen and oxygen atoms in total. The minimum atomic E-state index is 0.522. The predicted molar refractivity (Wildman–Crippen MR) is 77.0 cm³/mol. The first-order chi connectivity index (χ1) is 9.33. The molecule has 0 aliphatic carbocycles. The summed E-state index contributed by atoms with van der Waals surface area (Å²) in [4.78, 5) is 9.16. The summed E-state index contributed by atoms with van der Waals surface area (Å²) in [5.74, 6) is 0.522. The standard InChI is InChI=1S/C16H19N3/c1-12-4-6-13(7-5-12)15-10-19-16(11-18-15)14-3-2-8-17-9-14/h4-7,10-11,14,17H,2-3,8-9H2,1H3/t14-/m0/s1. The van der Waals surface area contributed by atoms with Gasteiger partial charge in [-0.1, -0.05) is 29.8 Å². The van der Waals surface area contributed by atoms with E-state index in [1.165, 1.54) is 18.4 Å². The van der Waals surface area contributed by atoms with Crippen LogP contribution in [0.5, 0.6) is 0 Å². The lowest BCUT2D eigenvalue weighted by atomic mass is 9.96. The molecule has 1 aliphatic rings. The Labute approximate surface area is 114 Å². The van der Waals surface area contributed by atoms with Crippen molar-refractivity contribution in [2.45, 2.75) is 25.7 Å². The van der Waals surface area contributed by atoms with Gasteiger partial charge >= 0.3 is 0 Å². The molecular formula is C16H19N3. The molecule has 1 saturated heterocycles. The van der Waals surface area contributed by atoms with Crippen LogP contribution < -0.4 is 5.32 Å². The van der Waals surface area contributed by atoms with Gasteiger partial charge in [-0.2, -0.15) is 0 Å². The molecule has 19 heavy (non-hydrogen) atoms. The fourth-order valence-electron chi connectivity index (χ4n) is 2.53. The normalized spacial score (nSPS) is 19.3. The molecule has 0 unspecified atom stereocenters. The lowest BCUT2D eigenvalue weighted by molar-refractivity contribution is 0.454. The quantitative estimate of drug-likeness (QED) is 0.894. The SMILES string of the molecule is Cc1ccc(-c2cnc([C@H]3CCCNC3)cn2)cc1. The highest BCUT2D eigenvalue weighted by Gasteiger charge is 2.16. The molecule has 98 valence electrons. The maximum Gasteiger partial charge on any atom is 0.0885 e. The molecule has 0 radical (unpaired) electrons. The second-order valence-electron chi connectivity index (χ2n) is 5.24. The fraction of sp³-hybridized carbons (Fsp3) is 0.375. The van der Waals surface area contributed by atoms with Gasteiger partial charge < -0.3 is 5.32 Å². The second kappa shape index (κ2) is 5.49. The number of nitrogens with one attached hydrogen (secondary N) is 1. The van der Waals surface area contributed by atoms with Gasteiger partial charge in [0.25, 0.3) is 0 Å². The van der Waals surface area contributed by atoms with E-state index >= 15 is 0 Å². The van der Waals surface area contributed by atoms with Crippen LogP contribution in [-0.2, 0) is 0 Å². The Morgan fingerprint density at radius 2 is 1.95 bits per heavy atom. The van der Waals surface area contributed by atoms with Gasteiger partial charge in [0.05, 0.1) is 17.6 Å². The van der Waals surface area contributed by atoms with Gasteiger partial charge in [-0.15, -0.1) is 0 Å². The molecule has 1 aromatic heterocycles. The van der Waals surface area contributed by atoms with Gasteiger partial charge in [-0.25, -0.2) is 0 Å². The summed E-state index contributed by atoms with van der Waals surface area (Å²) in [6, 6.07) is 8.41. The van der Waals surface area contributed by atoms with Crippen molar-refractivity contribution in [1.82, 2.24) is 15.3 Å². The Kier molecular flexibility index (Phi) is 3.56. The molecular weight excluding hydrogens is 234 g/mol. The maximum absolute atomic E-state index is 4.60. The van der Waals surface area contributed by atoms with Gasteiger partial charge in [0, 0.05) is 24.2 Å². The van der Waals surface area contributed by atoms with Crippen LogP contribution in [0.25, 0.3) is 11.3 Å². The molecule has 2 heterocycles. The highest BCUT2D eigenvalue weighted by Crippen LogP contribution is 2.22. The van der Waals surface area contributed by atoms with Crippen molar-refractivity contribution in [2.24, 2.45) is 0 Å². The molecule has 3 heteroatoms. The van der Waals surface area contributed by atoms with E-state index < -0.39 is 0 Å². The third-order valence-corrected chi connectivity index (χ3v) is 3.73.